The van der Waals surface area contributed by atoms with Crippen LogP contribution in [0.2, 0.25) is 0 Å². The van der Waals surface area contributed by atoms with Gasteiger partial charge in [-0.25, -0.2) is 0 Å². The zero-order chi connectivity index (χ0) is 13.1. The van der Waals surface area contributed by atoms with E-state index in [1.807, 2.05) is 0 Å². The first-order chi connectivity index (χ1) is 8.56. The summed E-state index contributed by atoms with van der Waals surface area (Å²) >= 11 is 0. The summed E-state index contributed by atoms with van der Waals surface area (Å²) in [6, 6.07) is 7.30. The van der Waals surface area contributed by atoms with Crippen molar-refractivity contribution < 1.29 is 9.72 Å². The van der Waals surface area contributed by atoms with Gasteiger partial charge in [-0.2, -0.15) is 5.10 Å². The number of aromatic nitrogens is 2. The first kappa shape index (κ1) is 11.8. The topological polar surface area (TPSA) is 90.1 Å². The first-order valence-electron chi connectivity index (χ1n) is 5.12. The summed E-state index contributed by atoms with van der Waals surface area (Å²) in [6.45, 7) is 0. The number of hydrogen-bond acceptors (Lipinski definition) is 4. The molecule has 0 radical (unpaired) electrons. The molecular weight excluding hydrogens is 236 g/mol. The van der Waals surface area contributed by atoms with Crippen molar-refractivity contribution in [3.63, 3.8) is 0 Å². The number of hydrogen-bond donors (Lipinski definition) is 1. The third kappa shape index (κ3) is 2.51. The third-order valence-corrected chi connectivity index (χ3v) is 2.26. The maximum atomic E-state index is 11.8. The SMILES string of the molecule is Cn1ccc(C(=O)Nc2cccc([N+](=O)[O-])c2)n1. The van der Waals surface area contributed by atoms with Gasteiger partial charge < -0.3 is 5.32 Å². The summed E-state index contributed by atoms with van der Waals surface area (Å²) in [5, 5.41) is 17.1. The molecule has 1 aromatic carbocycles. The summed E-state index contributed by atoms with van der Waals surface area (Å²) < 4.78 is 1.50. The number of carbonyl (C=O) groups excluding carboxylic acids is 1. The molecule has 0 spiro atoms. The summed E-state index contributed by atoms with van der Waals surface area (Å²) in [5.74, 6) is -0.406. The van der Waals surface area contributed by atoms with Gasteiger partial charge in [-0.05, 0) is 12.1 Å². The second kappa shape index (κ2) is 4.66. The Hall–Kier alpha value is -2.70. The molecule has 0 fully saturated rings. The summed E-state index contributed by atoms with van der Waals surface area (Å²) in [6.07, 6.45) is 1.64. The van der Waals surface area contributed by atoms with Gasteiger partial charge in [-0.15, -0.1) is 0 Å². The monoisotopic (exact) mass is 246 g/mol. The van der Waals surface area contributed by atoms with Gasteiger partial charge in [0, 0.05) is 31.1 Å². The number of nitrogens with zero attached hydrogens (tertiary/aromatic N) is 3. The molecule has 0 bridgehead atoms. The number of nitrogens with one attached hydrogen (secondary N) is 1. The van der Waals surface area contributed by atoms with Crippen LogP contribution in [0, 0.1) is 10.1 Å². The minimum absolute atomic E-state index is 0.0752. The molecule has 7 nitrogen and oxygen atoms in total. The van der Waals surface area contributed by atoms with E-state index in [1.54, 1.807) is 25.4 Å². The van der Waals surface area contributed by atoms with E-state index in [4.69, 9.17) is 0 Å². The van der Waals surface area contributed by atoms with Gasteiger partial charge in [0.05, 0.1) is 4.92 Å². The van der Waals surface area contributed by atoms with Crippen molar-refractivity contribution in [1.82, 2.24) is 9.78 Å². The zero-order valence-electron chi connectivity index (χ0n) is 9.53. The van der Waals surface area contributed by atoms with Crippen molar-refractivity contribution in [3.8, 4) is 0 Å². The molecule has 1 heterocycles. The number of benzene rings is 1. The van der Waals surface area contributed by atoms with E-state index >= 15 is 0 Å². The number of nitro benzene ring substituents is 1. The molecule has 1 N–H and O–H groups in total. The van der Waals surface area contributed by atoms with Gasteiger partial charge in [0.1, 0.15) is 0 Å². The Balaban J connectivity index is 2.16. The van der Waals surface area contributed by atoms with Crippen LogP contribution < -0.4 is 5.32 Å². The Bertz CT molecular complexity index is 606. The number of amides is 1. The fraction of sp³-hybridized carbons (Fsp3) is 0.0909. The molecule has 1 amide bonds. The van der Waals surface area contributed by atoms with Gasteiger partial charge in [0.25, 0.3) is 11.6 Å². The number of rotatable bonds is 3. The Kier molecular flexibility index (Phi) is 3.05. The number of non-ortho nitro benzene ring substituents is 1. The van der Waals surface area contributed by atoms with Crippen LogP contribution in [-0.4, -0.2) is 20.6 Å². The second-order valence-corrected chi connectivity index (χ2v) is 3.64. The predicted molar refractivity (Wildman–Crippen MR) is 64.3 cm³/mol. The number of aryl methyl sites for hydroxylation is 1. The van der Waals surface area contributed by atoms with E-state index in [-0.39, 0.29) is 11.4 Å². The van der Waals surface area contributed by atoms with Crippen molar-refractivity contribution in [2.24, 2.45) is 7.05 Å². The molecule has 0 saturated carbocycles. The standard InChI is InChI=1S/C11H10N4O3/c1-14-6-5-10(13-14)11(16)12-8-3-2-4-9(7-8)15(17)18/h2-7H,1H3,(H,12,16). The van der Waals surface area contributed by atoms with Crippen molar-refractivity contribution >= 4 is 17.3 Å². The predicted octanol–water partition coefficient (Wildman–Crippen LogP) is 1.58. The molecule has 18 heavy (non-hydrogen) atoms. The maximum absolute atomic E-state index is 11.8. The zero-order valence-corrected chi connectivity index (χ0v) is 9.53. The summed E-state index contributed by atoms with van der Waals surface area (Å²) in [4.78, 5) is 21.8. The lowest BCUT2D eigenvalue weighted by molar-refractivity contribution is -0.384. The van der Waals surface area contributed by atoms with Crippen LogP contribution >= 0.6 is 0 Å². The Morgan fingerprint density at radius 2 is 2.22 bits per heavy atom. The van der Waals surface area contributed by atoms with E-state index in [9.17, 15) is 14.9 Å². The molecule has 92 valence electrons. The Morgan fingerprint density at radius 3 is 2.83 bits per heavy atom. The first-order valence-corrected chi connectivity index (χ1v) is 5.12. The minimum atomic E-state index is -0.517. The summed E-state index contributed by atoms with van der Waals surface area (Å²) in [5.41, 5.74) is 0.540. The van der Waals surface area contributed by atoms with E-state index in [0.29, 0.717) is 5.69 Å². The van der Waals surface area contributed by atoms with Crippen LogP contribution in [0.5, 0.6) is 0 Å². The molecule has 0 aliphatic rings. The number of anilines is 1. The molecule has 1 aromatic heterocycles. The van der Waals surface area contributed by atoms with Gasteiger partial charge >= 0.3 is 0 Å². The van der Waals surface area contributed by atoms with Crippen LogP contribution in [0.15, 0.2) is 36.5 Å². The van der Waals surface area contributed by atoms with Gasteiger partial charge in [-0.3, -0.25) is 19.6 Å². The maximum Gasteiger partial charge on any atom is 0.276 e. The molecule has 2 aromatic rings. The quantitative estimate of drug-likeness (QED) is 0.657. The van der Waals surface area contributed by atoms with Crippen molar-refractivity contribution in [3.05, 3.63) is 52.3 Å². The van der Waals surface area contributed by atoms with E-state index in [2.05, 4.69) is 10.4 Å². The van der Waals surface area contributed by atoms with Gasteiger partial charge in [0.15, 0.2) is 5.69 Å². The molecule has 0 aliphatic heterocycles. The fourth-order valence-corrected chi connectivity index (χ4v) is 1.43. The highest BCUT2D eigenvalue weighted by molar-refractivity contribution is 6.02. The average Bonchev–Trinajstić information content (AvgIpc) is 2.76. The molecule has 0 atom stereocenters. The lowest BCUT2D eigenvalue weighted by Gasteiger charge is -2.02. The van der Waals surface area contributed by atoms with E-state index in [0.717, 1.165) is 0 Å². The highest BCUT2D eigenvalue weighted by atomic mass is 16.6. The van der Waals surface area contributed by atoms with Crippen molar-refractivity contribution in [2.45, 2.75) is 0 Å². The van der Waals surface area contributed by atoms with E-state index < -0.39 is 10.8 Å². The molecule has 0 saturated heterocycles. The molecule has 0 unspecified atom stereocenters. The highest BCUT2D eigenvalue weighted by Gasteiger charge is 2.11. The highest BCUT2D eigenvalue weighted by Crippen LogP contribution is 2.17. The third-order valence-electron chi connectivity index (χ3n) is 2.26. The second-order valence-electron chi connectivity index (χ2n) is 3.64. The van der Waals surface area contributed by atoms with Crippen molar-refractivity contribution in [2.75, 3.05) is 5.32 Å². The van der Waals surface area contributed by atoms with Crippen LogP contribution in [0.25, 0.3) is 0 Å². The summed E-state index contributed by atoms with van der Waals surface area (Å²) in [7, 11) is 1.70. The minimum Gasteiger partial charge on any atom is -0.320 e. The largest absolute Gasteiger partial charge is 0.320 e. The molecule has 2 rings (SSSR count). The lowest BCUT2D eigenvalue weighted by atomic mass is 10.2. The lowest BCUT2D eigenvalue weighted by Crippen LogP contribution is -2.13. The Morgan fingerprint density at radius 1 is 1.44 bits per heavy atom. The van der Waals surface area contributed by atoms with Gasteiger partial charge in [0.2, 0.25) is 0 Å². The van der Waals surface area contributed by atoms with Crippen LogP contribution in [0.3, 0.4) is 0 Å². The van der Waals surface area contributed by atoms with E-state index in [1.165, 1.54) is 22.9 Å². The average molecular weight is 246 g/mol. The molecule has 0 aliphatic carbocycles. The van der Waals surface area contributed by atoms with Crippen LogP contribution in [0.4, 0.5) is 11.4 Å². The molecule has 7 heteroatoms. The van der Waals surface area contributed by atoms with Crippen LogP contribution in [-0.2, 0) is 7.05 Å². The normalized spacial score (nSPS) is 10.1. The van der Waals surface area contributed by atoms with Gasteiger partial charge in [-0.1, -0.05) is 6.07 Å². The van der Waals surface area contributed by atoms with Crippen LogP contribution in [0.1, 0.15) is 10.5 Å². The number of nitro groups is 1. The fourth-order valence-electron chi connectivity index (χ4n) is 1.43. The Labute approximate surface area is 102 Å². The number of carbonyl (C=O) groups is 1. The smallest absolute Gasteiger partial charge is 0.276 e. The molecular formula is C11H10N4O3. The van der Waals surface area contributed by atoms with Crippen molar-refractivity contribution in [1.29, 1.82) is 0 Å².